The van der Waals surface area contributed by atoms with E-state index in [0.717, 1.165) is 0 Å². The highest BCUT2D eigenvalue weighted by Crippen LogP contribution is 2.31. The zero-order valence-electron chi connectivity index (χ0n) is 8.49. The summed E-state index contributed by atoms with van der Waals surface area (Å²) in [5, 5.41) is 7.61. The van der Waals surface area contributed by atoms with Gasteiger partial charge in [-0.25, -0.2) is 0 Å². The highest BCUT2D eigenvalue weighted by atomic mass is 32.2. The summed E-state index contributed by atoms with van der Waals surface area (Å²) in [6.45, 7) is 0. The minimum atomic E-state index is -4.36. The zero-order valence-corrected chi connectivity index (χ0v) is 10.1. The third kappa shape index (κ3) is 3.72. The maximum Gasteiger partial charge on any atom is 0.439 e. The second kappa shape index (κ2) is 4.67. The summed E-state index contributed by atoms with van der Waals surface area (Å²) >= 11 is 0.702. The molecule has 3 nitrogen and oxygen atoms in total. The van der Waals surface area contributed by atoms with Crippen LogP contribution in [0.25, 0.3) is 0 Å². The molecule has 0 fully saturated rings. The van der Waals surface area contributed by atoms with Crippen LogP contribution in [0.1, 0.15) is 0 Å². The minimum Gasteiger partial charge on any atom is -0.269 e. The molecule has 2 unspecified atom stereocenters. The van der Waals surface area contributed by atoms with Crippen LogP contribution in [0.5, 0.6) is 0 Å². The van der Waals surface area contributed by atoms with Gasteiger partial charge in [0.25, 0.3) is 0 Å². The Labute approximate surface area is 96.4 Å². The Morgan fingerprint density at radius 3 is 2.81 bits per heavy atom. The van der Waals surface area contributed by atoms with Crippen LogP contribution in [0.3, 0.4) is 0 Å². The summed E-state index contributed by atoms with van der Waals surface area (Å²) in [5.74, 6) is 4.36. The van der Waals surface area contributed by atoms with Gasteiger partial charge in [-0.2, -0.15) is 22.8 Å². The molecule has 0 amide bonds. The molecule has 0 aromatic rings. The smallest absolute Gasteiger partial charge is 0.269 e. The van der Waals surface area contributed by atoms with E-state index in [2.05, 4.69) is 15.2 Å². The maximum absolute atomic E-state index is 12.3. The third-order valence-corrected chi connectivity index (χ3v) is 4.55. The highest BCUT2D eigenvalue weighted by Gasteiger charge is 2.40. The van der Waals surface area contributed by atoms with Crippen LogP contribution in [-0.4, -0.2) is 40.9 Å². The van der Waals surface area contributed by atoms with Gasteiger partial charge in [0.1, 0.15) is 0 Å². The summed E-state index contributed by atoms with van der Waals surface area (Å²) in [5.41, 5.74) is 0. The van der Waals surface area contributed by atoms with Crippen molar-refractivity contribution in [3.05, 3.63) is 0 Å². The first-order valence-electron chi connectivity index (χ1n) is 4.22. The van der Waals surface area contributed by atoms with Crippen molar-refractivity contribution in [3.63, 3.8) is 0 Å². The van der Waals surface area contributed by atoms with Crippen molar-refractivity contribution in [1.29, 1.82) is 5.26 Å². The van der Waals surface area contributed by atoms with E-state index in [1.165, 1.54) is 0 Å². The first-order valence-corrected chi connectivity index (χ1v) is 7.55. The molecule has 0 bridgehead atoms. The van der Waals surface area contributed by atoms with Crippen molar-refractivity contribution in [2.45, 2.75) is 12.2 Å². The van der Waals surface area contributed by atoms with Gasteiger partial charge in [-0.1, -0.05) is 17.6 Å². The topological polar surface area (TPSA) is 48.5 Å². The first kappa shape index (κ1) is 13.4. The van der Waals surface area contributed by atoms with E-state index < -0.39 is 26.7 Å². The van der Waals surface area contributed by atoms with E-state index in [-0.39, 0.29) is 5.75 Å². The molecule has 16 heavy (non-hydrogen) atoms. The molecule has 8 heteroatoms. The van der Waals surface area contributed by atoms with Gasteiger partial charge in [-0.05, 0) is 6.26 Å². The molecule has 1 aliphatic heterocycles. The van der Waals surface area contributed by atoms with Crippen LogP contribution in [0, 0.1) is 11.5 Å². The number of aliphatic imine (C=N–C) groups is 1. The van der Waals surface area contributed by atoms with Crippen LogP contribution in [0.15, 0.2) is 9.36 Å². The average molecular weight is 269 g/mol. The predicted molar refractivity (Wildman–Crippen MR) is 63.1 cm³/mol. The van der Waals surface area contributed by atoms with E-state index in [1.807, 2.05) is 0 Å². The zero-order chi connectivity index (χ0) is 12.4. The quantitative estimate of drug-likeness (QED) is 0.568. The van der Waals surface area contributed by atoms with Crippen LogP contribution in [0.4, 0.5) is 13.2 Å². The molecule has 0 aromatic heterocycles. The number of nitrogens with zero attached hydrogens (tertiary/aromatic N) is 3. The summed E-state index contributed by atoms with van der Waals surface area (Å²) in [6, 6.07) is -0.434. The molecule has 1 rings (SSSR count). The standard InChI is InChI=1S/C8H10F3N3S2/c1-16(2,13-5-12)4-6-3-15-7(14-6)8(9,10)11/h6H,1,3-4H2,2H3. The molecule has 1 aliphatic rings. The lowest BCUT2D eigenvalue weighted by molar-refractivity contribution is -0.0555. The number of thioether (sulfide) groups is 1. The van der Waals surface area contributed by atoms with Crippen molar-refractivity contribution in [3.8, 4) is 6.19 Å². The predicted octanol–water partition coefficient (Wildman–Crippen LogP) is 1.94. The monoisotopic (exact) mass is 269 g/mol. The molecule has 0 aromatic carbocycles. The number of nitriles is 1. The second-order valence-corrected chi connectivity index (χ2v) is 7.45. The number of halogens is 3. The van der Waals surface area contributed by atoms with Gasteiger partial charge in [-0.3, -0.25) is 4.99 Å². The van der Waals surface area contributed by atoms with Gasteiger partial charge in [0, 0.05) is 11.5 Å². The molecule has 0 N–H and O–H groups in total. The lowest BCUT2D eigenvalue weighted by Gasteiger charge is -2.09. The Balaban J connectivity index is 2.76. The van der Waals surface area contributed by atoms with Gasteiger partial charge in [0.05, 0.1) is 6.04 Å². The van der Waals surface area contributed by atoms with Gasteiger partial charge >= 0.3 is 6.18 Å². The van der Waals surface area contributed by atoms with E-state index in [0.29, 0.717) is 17.5 Å². The number of alkyl halides is 3. The third-order valence-electron chi connectivity index (χ3n) is 1.77. The van der Waals surface area contributed by atoms with Gasteiger partial charge in [-0.15, -0.1) is 9.41 Å². The number of hydrogen-bond donors (Lipinski definition) is 0. The maximum atomic E-state index is 12.3. The summed E-state index contributed by atoms with van der Waals surface area (Å²) in [7, 11) is -1.76. The lowest BCUT2D eigenvalue weighted by Crippen LogP contribution is -2.19. The Kier molecular flexibility index (Phi) is 3.91. The van der Waals surface area contributed by atoms with E-state index >= 15 is 0 Å². The Hall–Kier alpha value is -0.680. The van der Waals surface area contributed by atoms with Gasteiger partial charge < -0.3 is 0 Å². The van der Waals surface area contributed by atoms with Gasteiger partial charge in [0.2, 0.25) is 6.19 Å². The molecule has 90 valence electrons. The fraction of sp³-hybridized carbons (Fsp3) is 0.625. The van der Waals surface area contributed by atoms with Crippen molar-refractivity contribution in [1.82, 2.24) is 0 Å². The molecular weight excluding hydrogens is 259 g/mol. The van der Waals surface area contributed by atoms with Crippen LogP contribution >= 0.6 is 11.8 Å². The molecule has 0 saturated heterocycles. The van der Waals surface area contributed by atoms with E-state index in [1.54, 1.807) is 12.4 Å². The van der Waals surface area contributed by atoms with Gasteiger partial charge in [0.15, 0.2) is 5.04 Å². The number of rotatable bonds is 2. The summed E-state index contributed by atoms with van der Waals surface area (Å²) in [4.78, 5) is 3.59. The molecule has 1 heterocycles. The largest absolute Gasteiger partial charge is 0.439 e. The Bertz CT molecular complexity index is 452. The van der Waals surface area contributed by atoms with Crippen molar-refractivity contribution in [2.24, 2.45) is 9.36 Å². The van der Waals surface area contributed by atoms with Crippen molar-refractivity contribution >= 4 is 32.1 Å². The average Bonchev–Trinajstić information content (AvgIpc) is 2.50. The molecule has 0 spiro atoms. The second-order valence-electron chi connectivity index (χ2n) is 3.48. The van der Waals surface area contributed by atoms with Crippen molar-refractivity contribution in [2.75, 3.05) is 17.8 Å². The number of hydrogen-bond acceptors (Lipinski definition) is 4. The molecule has 0 saturated carbocycles. The Morgan fingerprint density at radius 1 is 1.75 bits per heavy atom. The molecule has 2 atom stereocenters. The first-order chi connectivity index (χ1) is 7.24. The SMILES string of the molecule is C=S(C)(CC1CSC(C(F)(F)F)=N1)=NC#N. The highest BCUT2D eigenvalue weighted by molar-refractivity contribution is 8.14. The minimum absolute atomic E-state index is 0.286. The normalized spacial score (nSPS) is 24.4. The van der Waals surface area contributed by atoms with Crippen molar-refractivity contribution < 1.29 is 13.2 Å². The summed E-state index contributed by atoms with van der Waals surface area (Å²) in [6.07, 6.45) is -1.03. The van der Waals surface area contributed by atoms with Crippen LogP contribution in [-0.2, 0) is 9.41 Å². The van der Waals surface area contributed by atoms with E-state index in [9.17, 15) is 13.2 Å². The lowest BCUT2D eigenvalue weighted by atomic mass is 10.4. The summed E-state index contributed by atoms with van der Waals surface area (Å²) < 4.78 is 40.5. The molecule has 0 aliphatic carbocycles. The van der Waals surface area contributed by atoms with E-state index in [4.69, 9.17) is 5.26 Å². The van der Waals surface area contributed by atoms with Crippen LogP contribution in [0.2, 0.25) is 0 Å². The Morgan fingerprint density at radius 2 is 2.38 bits per heavy atom. The molecular formula is C8H10F3N3S2. The fourth-order valence-corrected chi connectivity index (χ4v) is 3.58. The molecule has 0 radical (unpaired) electrons. The fourth-order valence-electron chi connectivity index (χ4n) is 1.21. The van der Waals surface area contributed by atoms with Crippen LogP contribution < -0.4 is 0 Å².